The molecule has 0 bridgehead atoms. The molecule has 0 aliphatic heterocycles. The fourth-order valence-electron chi connectivity index (χ4n) is 0.333. The van der Waals surface area contributed by atoms with Crippen LogP contribution in [0.2, 0.25) is 0 Å². The van der Waals surface area contributed by atoms with Crippen molar-refractivity contribution in [1.82, 2.24) is 5.16 Å². The van der Waals surface area contributed by atoms with E-state index < -0.39 is 0 Å². The van der Waals surface area contributed by atoms with E-state index in [4.69, 9.17) is 4.52 Å². The smallest absolute Gasteiger partial charge is 0.196 e. The summed E-state index contributed by atoms with van der Waals surface area (Å²) in [7, 11) is 0. The van der Waals surface area contributed by atoms with E-state index in [0.29, 0.717) is 0 Å². The maximum Gasteiger partial charge on any atom is 0.196 e. The SMILES string of the molecule is Cc1cc(I)on1. The molecule has 7 heavy (non-hydrogen) atoms. The summed E-state index contributed by atoms with van der Waals surface area (Å²) in [6.07, 6.45) is 0. The van der Waals surface area contributed by atoms with E-state index in [1.807, 2.05) is 13.0 Å². The van der Waals surface area contributed by atoms with E-state index in [-0.39, 0.29) is 0 Å². The summed E-state index contributed by atoms with van der Waals surface area (Å²) in [6, 6.07) is 1.88. The van der Waals surface area contributed by atoms with Gasteiger partial charge in [-0.2, -0.15) is 0 Å². The Balaban J connectivity index is 3.04. The Labute approximate surface area is 55.0 Å². The van der Waals surface area contributed by atoms with Gasteiger partial charge in [-0.15, -0.1) is 0 Å². The highest BCUT2D eigenvalue weighted by molar-refractivity contribution is 14.1. The van der Waals surface area contributed by atoms with Gasteiger partial charge in [-0.05, 0) is 6.92 Å². The highest BCUT2D eigenvalue weighted by Gasteiger charge is 1.90. The van der Waals surface area contributed by atoms with E-state index in [1.165, 1.54) is 0 Å². The Hall–Kier alpha value is -0.0600. The topological polar surface area (TPSA) is 26.0 Å². The minimum absolute atomic E-state index is 0.843. The maximum absolute atomic E-state index is 4.70. The van der Waals surface area contributed by atoms with Crippen molar-refractivity contribution >= 4 is 22.6 Å². The quantitative estimate of drug-likeness (QED) is 0.606. The summed E-state index contributed by atoms with van der Waals surface area (Å²) < 4.78 is 5.54. The third-order valence-corrected chi connectivity index (χ3v) is 1.11. The Morgan fingerprint density at radius 2 is 2.57 bits per heavy atom. The fraction of sp³-hybridized carbons (Fsp3) is 0.250. The van der Waals surface area contributed by atoms with Crippen LogP contribution in [0.15, 0.2) is 10.6 Å². The highest BCUT2D eigenvalue weighted by atomic mass is 127. The monoisotopic (exact) mass is 209 g/mol. The van der Waals surface area contributed by atoms with Gasteiger partial charge in [0.05, 0.1) is 5.69 Å². The summed E-state index contributed by atoms with van der Waals surface area (Å²) in [6.45, 7) is 1.89. The molecule has 0 fully saturated rings. The first kappa shape index (κ1) is 5.08. The summed E-state index contributed by atoms with van der Waals surface area (Å²) in [5.74, 6) is 0. The lowest BCUT2D eigenvalue weighted by molar-refractivity contribution is 0.393. The van der Waals surface area contributed by atoms with Gasteiger partial charge in [0.2, 0.25) is 0 Å². The van der Waals surface area contributed by atoms with Crippen LogP contribution in [0.3, 0.4) is 0 Å². The molecule has 0 amide bonds. The van der Waals surface area contributed by atoms with E-state index >= 15 is 0 Å². The van der Waals surface area contributed by atoms with Crippen molar-refractivity contribution in [3.8, 4) is 0 Å². The van der Waals surface area contributed by atoms with Crippen molar-refractivity contribution in [2.24, 2.45) is 0 Å². The van der Waals surface area contributed by atoms with Gasteiger partial charge in [-0.3, -0.25) is 0 Å². The zero-order valence-corrected chi connectivity index (χ0v) is 5.97. The lowest BCUT2D eigenvalue weighted by Crippen LogP contribution is -1.59. The molecule has 0 spiro atoms. The first-order chi connectivity index (χ1) is 3.29. The molecule has 2 nitrogen and oxygen atoms in total. The van der Waals surface area contributed by atoms with Crippen molar-refractivity contribution in [2.45, 2.75) is 6.92 Å². The maximum atomic E-state index is 4.70. The van der Waals surface area contributed by atoms with Crippen molar-refractivity contribution in [1.29, 1.82) is 0 Å². The van der Waals surface area contributed by atoms with Crippen LogP contribution in [0, 0.1) is 10.7 Å². The Kier molecular flexibility index (Phi) is 1.32. The van der Waals surface area contributed by atoms with E-state index in [2.05, 4.69) is 27.7 Å². The summed E-state index contributed by atoms with van der Waals surface area (Å²) in [5.41, 5.74) is 0.935. The Morgan fingerprint density at radius 1 is 1.86 bits per heavy atom. The summed E-state index contributed by atoms with van der Waals surface area (Å²) >= 11 is 2.07. The molecule has 38 valence electrons. The molecule has 0 aromatic carbocycles. The van der Waals surface area contributed by atoms with E-state index in [0.717, 1.165) is 9.46 Å². The molecule has 1 rings (SSSR count). The summed E-state index contributed by atoms with van der Waals surface area (Å²) in [5, 5.41) is 3.63. The molecular weight excluding hydrogens is 205 g/mol. The van der Waals surface area contributed by atoms with Gasteiger partial charge >= 0.3 is 0 Å². The van der Waals surface area contributed by atoms with Gasteiger partial charge < -0.3 is 4.52 Å². The first-order valence-electron chi connectivity index (χ1n) is 1.88. The van der Waals surface area contributed by atoms with E-state index in [9.17, 15) is 0 Å². The van der Waals surface area contributed by atoms with Crippen LogP contribution in [0.1, 0.15) is 5.69 Å². The molecule has 0 N–H and O–H groups in total. The molecule has 0 radical (unpaired) electrons. The van der Waals surface area contributed by atoms with Gasteiger partial charge in [0.25, 0.3) is 0 Å². The zero-order valence-electron chi connectivity index (χ0n) is 3.81. The minimum Gasteiger partial charge on any atom is -0.350 e. The van der Waals surface area contributed by atoms with Crippen molar-refractivity contribution in [3.05, 3.63) is 15.5 Å². The Morgan fingerprint density at radius 3 is 2.71 bits per heavy atom. The fourth-order valence-corrected chi connectivity index (χ4v) is 0.882. The molecule has 3 heteroatoms. The lowest BCUT2D eigenvalue weighted by atomic mass is 10.5. The predicted molar refractivity (Wildman–Crippen MR) is 34.0 cm³/mol. The number of hydrogen-bond donors (Lipinski definition) is 0. The third-order valence-electron chi connectivity index (χ3n) is 0.599. The van der Waals surface area contributed by atoms with Gasteiger partial charge in [0.15, 0.2) is 3.77 Å². The molecule has 0 unspecified atom stereocenters. The number of aryl methyl sites for hydroxylation is 1. The predicted octanol–water partition coefficient (Wildman–Crippen LogP) is 1.59. The number of hydrogen-bond acceptors (Lipinski definition) is 2. The van der Waals surface area contributed by atoms with Crippen LogP contribution in [-0.4, -0.2) is 5.16 Å². The number of nitrogens with zero attached hydrogens (tertiary/aromatic N) is 1. The van der Waals surface area contributed by atoms with Crippen molar-refractivity contribution in [2.75, 3.05) is 0 Å². The molecule has 0 atom stereocenters. The normalized spacial score (nSPS) is 9.43. The van der Waals surface area contributed by atoms with Crippen LogP contribution in [0.5, 0.6) is 0 Å². The third kappa shape index (κ3) is 1.15. The van der Waals surface area contributed by atoms with Crippen LogP contribution in [0.25, 0.3) is 0 Å². The minimum atomic E-state index is 0.843. The lowest BCUT2D eigenvalue weighted by Gasteiger charge is -1.62. The standard InChI is InChI=1S/C4H4INO/c1-3-2-4(5)7-6-3/h2H,1H3. The van der Waals surface area contributed by atoms with Crippen LogP contribution in [0.4, 0.5) is 0 Å². The zero-order chi connectivity index (χ0) is 5.28. The van der Waals surface area contributed by atoms with Crippen molar-refractivity contribution < 1.29 is 4.52 Å². The first-order valence-corrected chi connectivity index (χ1v) is 2.96. The van der Waals surface area contributed by atoms with Crippen molar-refractivity contribution in [3.63, 3.8) is 0 Å². The molecule has 1 heterocycles. The summed E-state index contributed by atoms with van der Waals surface area (Å²) in [4.78, 5) is 0. The van der Waals surface area contributed by atoms with E-state index in [1.54, 1.807) is 0 Å². The number of halogens is 1. The molecule has 0 aliphatic rings. The molecule has 1 aromatic rings. The van der Waals surface area contributed by atoms with Crippen LogP contribution < -0.4 is 0 Å². The molecule has 0 saturated carbocycles. The van der Waals surface area contributed by atoms with Gasteiger partial charge in [-0.1, -0.05) is 5.16 Å². The Bertz CT molecular complexity index is 144. The molecular formula is C4H4INO. The molecule has 0 saturated heterocycles. The second-order valence-corrected chi connectivity index (χ2v) is 2.34. The molecule has 1 aromatic heterocycles. The molecule has 0 aliphatic carbocycles. The van der Waals surface area contributed by atoms with Gasteiger partial charge in [0.1, 0.15) is 0 Å². The average Bonchev–Trinajstić information content (AvgIpc) is 1.87. The number of rotatable bonds is 0. The van der Waals surface area contributed by atoms with Crippen LogP contribution >= 0.6 is 22.6 Å². The second-order valence-electron chi connectivity index (χ2n) is 1.27. The highest BCUT2D eigenvalue weighted by Crippen LogP contribution is 2.03. The second kappa shape index (κ2) is 1.81. The largest absolute Gasteiger partial charge is 0.350 e. The van der Waals surface area contributed by atoms with Crippen LogP contribution in [-0.2, 0) is 0 Å². The number of aromatic nitrogens is 1. The van der Waals surface area contributed by atoms with Gasteiger partial charge in [0, 0.05) is 28.7 Å². The van der Waals surface area contributed by atoms with Gasteiger partial charge in [-0.25, -0.2) is 0 Å². The average molecular weight is 209 g/mol.